The first-order valence-corrected chi connectivity index (χ1v) is 11.8. The van der Waals surface area contributed by atoms with Gasteiger partial charge >= 0.3 is 5.97 Å². The van der Waals surface area contributed by atoms with Crippen LogP contribution in [0.1, 0.15) is 38.0 Å². The average molecular weight is 477 g/mol. The largest absolute Gasteiger partial charge is 0.465 e. The van der Waals surface area contributed by atoms with Crippen molar-refractivity contribution in [2.75, 3.05) is 17.1 Å². The molecule has 0 aliphatic carbocycles. The van der Waals surface area contributed by atoms with Crippen molar-refractivity contribution in [1.82, 2.24) is 0 Å². The average Bonchev–Trinajstić information content (AvgIpc) is 3.44. The van der Waals surface area contributed by atoms with E-state index in [9.17, 15) is 14.4 Å². The van der Waals surface area contributed by atoms with Crippen molar-refractivity contribution in [3.8, 4) is 0 Å². The predicted octanol–water partition coefficient (Wildman–Crippen LogP) is 4.51. The lowest BCUT2D eigenvalue weighted by Gasteiger charge is -2.29. The van der Waals surface area contributed by atoms with Gasteiger partial charge in [0.2, 0.25) is 5.91 Å². The van der Waals surface area contributed by atoms with E-state index in [1.165, 1.54) is 18.4 Å². The molecule has 0 radical (unpaired) electrons. The summed E-state index contributed by atoms with van der Waals surface area (Å²) in [5.41, 5.74) is 3.59. The van der Waals surface area contributed by atoms with Crippen LogP contribution in [0.25, 0.3) is 0 Å². The van der Waals surface area contributed by atoms with Crippen molar-refractivity contribution >= 4 is 39.8 Å². The zero-order chi connectivity index (χ0) is 24.1. The Hall–Kier alpha value is -3.49. The Morgan fingerprint density at radius 2 is 1.65 bits per heavy atom. The zero-order valence-corrected chi connectivity index (χ0v) is 20.1. The number of thiophene rings is 1. The van der Waals surface area contributed by atoms with Crippen LogP contribution in [0.4, 0.5) is 10.7 Å². The second-order valence-electron chi connectivity index (χ2n) is 8.49. The molecule has 1 aromatic heterocycles. The summed E-state index contributed by atoms with van der Waals surface area (Å²) in [6.45, 7) is 5.60. The standard InChI is InChI=1S/C26H24N2O5S/c1-14-10-8-9-13-18(14)28-21(17-11-6-5-7-12-17)20-22(33-28)24(30)27(23(20)29)25-19(26(31)32-4)15(2)16(3)34-25/h5-13,20-22H,1-4H3/t20-,21+,22-/m1/s1. The molecular weight excluding hydrogens is 452 g/mol. The molecule has 2 aliphatic rings. The molecule has 0 saturated carbocycles. The number of benzene rings is 2. The number of carbonyl (C=O) groups excluding carboxylic acids is 3. The number of hydrogen-bond donors (Lipinski definition) is 0. The van der Waals surface area contributed by atoms with Crippen molar-refractivity contribution in [1.29, 1.82) is 0 Å². The molecule has 8 heteroatoms. The summed E-state index contributed by atoms with van der Waals surface area (Å²) in [7, 11) is 1.29. The summed E-state index contributed by atoms with van der Waals surface area (Å²) in [6, 6.07) is 16.8. The number of esters is 1. The smallest absolute Gasteiger partial charge is 0.341 e. The van der Waals surface area contributed by atoms with Crippen molar-refractivity contribution < 1.29 is 24.0 Å². The van der Waals surface area contributed by atoms with E-state index in [0.29, 0.717) is 10.6 Å². The lowest BCUT2D eigenvalue weighted by molar-refractivity contribution is -0.126. The second-order valence-corrected chi connectivity index (χ2v) is 9.69. The number of rotatable bonds is 4. The van der Waals surface area contributed by atoms with E-state index in [2.05, 4.69) is 0 Å². The highest BCUT2D eigenvalue weighted by molar-refractivity contribution is 7.17. The minimum atomic E-state index is -0.995. The number of hydrogen-bond acceptors (Lipinski definition) is 7. The minimum Gasteiger partial charge on any atom is -0.465 e. The van der Waals surface area contributed by atoms with Gasteiger partial charge in [-0.3, -0.25) is 14.4 Å². The van der Waals surface area contributed by atoms with E-state index < -0.39 is 29.9 Å². The van der Waals surface area contributed by atoms with Crippen molar-refractivity contribution in [2.45, 2.75) is 32.9 Å². The summed E-state index contributed by atoms with van der Waals surface area (Å²) in [6.07, 6.45) is -0.995. The fourth-order valence-corrected chi connectivity index (χ4v) is 5.89. The van der Waals surface area contributed by atoms with Crippen molar-refractivity contribution in [3.05, 3.63) is 81.7 Å². The van der Waals surface area contributed by atoms with Crippen LogP contribution in [-0.2, 0) is 19.2 Å². The third-order valence-corrected chi connectivity index (χ3v) is 7.76. The first kappa shape index (κ1) is 22.3. The quantitative estimate of drug-likeness (QED) is 0.407. The molecule has 7 nitrogen and oxygen atoms in total. The molecule has 34 heavy (non-hydrogen) atoms. The molecule has 174 valence electrons. The number of nitrogens with zero attached hydrogens (tertiary/aromatic N) is 2. The summed E-state index contributed by atoms with van der Waals surface area (Å²) in [4.78, 5) is 48.2. The number of hydroxylamine groups is 1. The Balaban J connectivity index is 1.62. The number of methoxy groups -OCH3 is 1. The molecule has 3 aromatic rings. The van der Waals surface area contributed by atoms with Gasteiger partial charge in [-0.15, -0.1) is 11.3 Å². The van der Waals surface area contributed by atoms with E-state index in [1.807, 2.05) is 68.4 Å². The van der Waals surface area contributed by atoms with Crippen LogP contribution in [0.3, 0.4) is 0 Å². The van der Waals surface area contributed by atoms with Crippen molar-refractivity contribution in [3.63, 3.8) is 0 Å². The van der Waals surface area contributed by atoms with E-state index >= 15 is 0 Å². The van der Waals surface area contributed by atoms with Gasteiger partial charge in [-0.1, -0.05) is 48.5 Å². The number of amides is 2. The molecule has 0 spiro atoms. The van der Waals surface area contributed by atoms with Gasteiger partial charge in [0, 0.05) is 4.88 Å². The van der Waals surface area contributed by atoms with Crippen LogP contribution in [0.5, 0.6) is 0 Å². The monoisotopic (exact) mass is 476 g/mol. The highest BCUT2D eigenvalue weighted by Crippen LogP contribution is 2.50. The highest BCUT2D eigenvalue weighted by Gasteiger charge is 2.61. The SMILES string of the molecule is COC(=O)c1c(N2C(=O)[C@H]3[C@@H](ON(c4ccccc4C)[C@H]3c3ccccc3)C2=O)sc(C)c1C. The van der Waals surface area contributed by atoms with Crippen LogP contribution in [0.2, 0.25) is 0 Å². The number of carbonyl (C=O) groups is 3. The molecule has 2 amide bonds. The zero-order valence-electron chi connectivity index (χ0n) is 19.3. The lowest BCUT2D eigenvalue weighted by Crippen LogP contribution is -2.37. The Bertz CT molecular complexity index is 1300. The van der Waals surface area contributed by atoms with E-state index in [-0.39, 0.29) is 11.5 Å². The topological polar surface area (TPSA) is 76.2 Å². The number of fused-ring (bicyclic) bond motifs is 1. The maximum atomic E-state index is 13.9. The van der Waals surface area contributed by atoms with Gasteiger partial charge in [0.25, 0.3) is 5.91 Å². The Morgan fingerprint density at radius 3 is 2.32 bits per heavy atom. The van der Waals surface area contributed by atoms with Crippen LogP contribution in [0, 0.1) is 26.7 Å². The Kier molecular flexibility index (Phi) is 5.50. The fraction of sp³-hybridized carbons (Fsp3) is 0.269. The summed E-state index contributed by atoms with van der Waals surface area (Å²) in [5, 5.41) is 1.99. The minimum absolute atomic E-state index is 0.249. The van der Waals surface area contributed by atoms with Crippen molar-refractivity contribution in [2.24, 2.45) is 5.92 Å². The van der Waals surface area contributed by atoms with Gasteiger partial charge in [0.1, 0.15) is 10.9 Å². The number of aryl methyl sites for hydroxylation is 2. The molecule has 2 fully saturated rings. The molecule has 5 rings (SSSR count). The molecule has 2 aliphatic heterocycles. The summed E-state index contributed by atoms with van der Waals surface area (Å²) < 4.78 is 4.95. The van der Waals surface area contributed by atoms with E-state index in [4.69, 9.17) is 9.57 Å². The van der Waals surface area contributed by atoms with E-state index in [1.54, 1.807) is 12.0 Å². The van der Waals surface area contributed by atoms with Gasteiger partial charge in [-0.25, -0.2) is 14.8 Å². The molecule has 0 N–H and O–H groups in total. The molecular formula is C26H24N2O5S. The molecule has 0 bridgehead atoms. The fourth-order valence-electron chi connectivity index (χ4n) is 4.73. The third-order valence-electron chi connectivity index (χ3n) is 6.57. The molecule has 2 aromatic carbocycles. The van der Waals surface area contributed by atoms with Gasteiger partial charge in [-0.05, 0) is 43.5 Å². The maximum Gasteiger partial charge on any atom is 0.341 e. The number of para-hydroxylation sites is 1. The first-order valence-electron chi connectivity index (χ1n) is 11.0. The highest BCUT2D eigenvalue weighted by atomic mass is 32.1. The molecule has 3 heterocycles. The molecule has 0 unspecified atom stereocenters. The van der Waals surface area contributed by atoms with Gasteiger partial charge in [-0.2, -0.15) is 0 Å². The summed E-state index contributed by atoms with van der Waals surface area (Å²) >= 11 is 1.24. The van der Waals surface area contributed by atoms with Gasteiger partial charge in [0.15, 0.2) is 6.10 Å². The second kappa shape index (κ2) is 8.38. The normalized spacial score (nSPS) is 21.8. The number of anilines is 2. The van der Waals surface area contributed by atoms with Crippen LogP contribution in [0.15, 0.2) is 54.6 Å². The molecule has 3 atom stereocenters. The third kappa shape index (κ3) is 3.25. The predicted molar refractivity (Wildman–Crippen MR) is 129 cm³/mol. The first-order chi connectivity index (χ1) is 16.3. The van der Waals surface area contributed by atoms with Crippen LogP contribution < -0.4 is 9.96 Å². The van der Waals surface area contributed by atoms with Crippen LogP contribution >= 0.6 is 11.3 Å². The van der Waals surface area contributed by atoms with Gasteiger partial charge in [0.05, 0.1) is 24.4 Å². The van der Waals surface area contributed by atoms with E-state index in [0.717, 1.165) is 26.6 Å². The molecule has 2 saturated heterocycles. The lowest BCUT2D eigenvalue weighted by atomic mass is 9.90. The van der Waals surface area contributed by atoms with Crippen LogP contribution in [-0.4, -0.2) is 31.0 Å². The number of imide groups is 1. The maximum absolute atomic E-state index is 13.9. The van der Waals surface area contributed by atoms with Gasteiger partial charge < -0.3 is 4.74 Å². The Labute approximate surface area is 201 Å². The summed E-state index contributed by atoms with van der Waals surface area (Å²) in [5.74, 6) is -2.19. The Morgan fingerprint density at radius 1 is 0.971 bits per heavy atom. The number of ether oxygens (including phenoxy) is 1.